The molecule has 3 aromatic rings. The van der Waals surface area contributed by atoms with Crippen molar-refractivity contribution < 1.29 is 28.2 Å². The van der Waals surface area contributed by atoms with Crippen LogP contribution in [-0.4, -0.2) is 47.1 Å². The molecule has 0 atom stereocenters. The predicted molar refractivity (Wildman–Crippen MR) is 151 cm³/mol. The third-order valence-electron chi connectivity index (χ3n) is 6.88. The molecule has 0 bridgehead atoms. The van der Waals surface area contributed by atoms with Gasteiger partial charge in [0, 0.05) is 24.2 Å². The van der Waals surface area contributed by atoms with Gasteiger partial charge in [-0.2, -0.15) is 0 Å². The molecule has 0 aliphatic carbocycles. The molecule has 2 fully saturated rings. The normalized spacial score (nSPS) is 16.5. The molecule has 3 amide bonds. The Morgan fingerprint density at radius 2 is 1.73 bits per heavy atom. The van der Waals surface area contributed by atoms with E-state index in [1.165, 1.54) is 19.6 Å². The number of ether oxygens (including phenoxy) is 2. The fourth-order valence-electron chi connectivity index (χ4n) is 4.66. The fraction of sp³-hybridized carbons (Fsp3) is 0.258. The van der Waals surface area contributed by atoms with E-state index in [0.29, 0.717) is 22.6 Å². The second kappa shape index (κ2) is 12.4. The minimum absolute atomic E-state index is 0.0644. The molecule has 0 saturated carbocycles. The number of imide groups is 1. The molecule has 3 aromatic carbocycles. The Morgan fingerprint density at radius 3 is 2.45 bits per heavy atom. The maximum Gasteiger partial charge on any atom is 0.293 e. The third kappa shape index (κ3) is 6.20. The van der Waals surface area contributed by atoms with Crippen molar-refractivity contribution in [3.8, 4) is 11.5 Å². The molecule has 0 spiro atoms. The first-order valence-corrected chi connectivity index (χ1v) is 13.9. The SMILES string of the molecule is COc1cc(/C=C2\SC(=O)N(Cc3ccccc3F)C2=O)ccc1OCc1ccc(C(=O)N2CCCCC2)cc1. The molecule has 9 heteroatoms. The Balaban J connectivity index is 1.23. The van der Waals surface area contributed by atoms with Crippen LogP contribution < -0.4 is 9.47 Å². The van der Waals surface area contributed by atoms with E-state index in [0.717, 1.165) is 48.2 Å². The highest BCUT2D eigenvalue weighted by molar-refractivity contribution is 8.18. The number of benzene rings is 3. The molecule has 2 heterocycles. The average molecular weight is 561 g/mol. The zero-order valence-corrected chi connectivity index (χ0v) is 22.9. The Labute approximate surface area is 236 Å². The molecular formula is C31H29FN2O5S. The molecule has 2 saturated heterocycles. The molecule has 7 nitrogen and oxygen atoms in total. The lowest BCUT2D eigenvalue weighted by atomic mass is 10.1. The Hall–Kier alpha value is -4.11. The zero-order chi connectivity index (χ0) is 28.1. The lowest BCUT2D eigenvalue weighted by Gasteiger charge is -2.26. The fourth-order valence-corrected chi connectivity index (χ4v) is 5.50. The second-order valence-corrected chi connectivity index (χ2v) is 10.6. The summed E-state index contributed by atoms with van der Waals surface area (Å²) in [6.07, 6.45) is 4.89. The number of rotatable bonds is 8. The second-order valence-electron chi connectivity index (χ2n) is 9.61. The summed E-state index contributed by atoms with van der Waals surface area (Å²) in [4.78, 5) is 41.2. The number of thioether (sulfide) groups is 1. The van der Waals surface area contributed by atoms with E-state index in [4.69, 9.17) is 9.47 Å². The summed E-state index contributed by atoms with van der Waals surface area (Å²) in [5.41, 5.74) is 2.51. The summed E-state index contributed by atoms with van der Waals surface area (Å²) in [7, 11) is 1.52. The van der Waals surface area contributed by atoms with Gasteiger partial charge in [0.25, 0.3) is 17.1 Å². The van der Waals surface area contributed by atoms with E-state index in [9.17, 15) is 18.8 Å². The van der Waals surface area contributed by atoms with Crippen molar-refractivity contribution in [3.05, 3.63) is 99.7 Å². The topological polar surface area (TPSA) is 76.1 Å². The first kappa shape index (κ1) is 27.5. The average Bonchev–Trinajstić information content (AvgIpc) is 3.25. The van der Waals surface area contributed by atoms with Crippen LogP contribution in [0.3, 0.4) is 0 Å². The molecule has 2 aliphatic rings. The van der Waals surface area contributed by atoms with Crippen LogP contribution in [0.4, 0.5) is 9.18 Å². The van der Waals surface area contributed by atoms with Crippen molar-refractivity contribution in [1.82, 2.24) is 9.80 Å². The van der Waals surface area contributed by atoms with Crippen LogP contribution in [0.1, 0.15) is 46.3 Å². The molecule has 0 aromatic heterocycles. The van der Waals surface area contributed by atoms with Crippen molar-refractivity contribution in [1.29, 1.82) is 0 Å². The number of hydrogen-bond donors (Lipinski definition) is 0. The summed E-state index contributed by atoms with van der Waals surface area (Å²) in [5.74, 6) is 0.110. The molecule has 40 heavy (non-hydrogen) atoms. The van der Waals surface area contributed by atoms with Crippen molar-refractivity contribution in [2.45, 2.75) is 32.4 Å². The maximum absolute atomic E-state index is 14.0. The molecule has 0 N–H and O–H groups in total. The van der Waals surface area contributed by atoms with Gasteiger partial charge in [-0.1, -0.05) is 36.4 Å². The van der Waals surface area contributed by atoms with Gasteiger partial charge >= 0.3 is 0 Å². The van der Waals surface area contributed by atoms with Gasteiger partial charge in [-0.3, -0.25) is 19.3 Å². The monoisotopic (exact) mass is 560 g/mol. The number of nitrogens with zero attached hydrogens (tertiary/aromatic N) is 2. The molecule has 206 valence electrons. The van der Waals surface area contributed by atoms with Crippen LogP contribution in [0.15, 0.2) is 71.6 Å². The molecule has 2 aliphatic heterocycles. The van der Waals surface area contributed by atoms with Crippen molar-refractivity contribution in [2.24, 2.45) is 0 Å². The summed E-state index contributed by atoms with van der Waals surface area (Å²) >= 11 is 0.816. The first-order valence-electron chi connectivity index (χ1n) is 13.1. The lowest BCUT2D eigenvalue weighted by Crippen LogP contribution is -2.35. The number of carbonyl (C=O) groups excluding carboxylic acids is 3. The number of likely N-dealkylation sites (tertiary alicyclic amines) is 1. The van der Waals surface area contributed by atoms with Crippen molar-refractivity contribution >= 4 is 34.9 Å². The lowest BCUT2D eigenvalue weighted by molar-refractivity contribution is -0.123. The Kier molecular flexibility index (Phi) is 8.50. The zero-order valence-electron chi connectivity index (χ0n) is 22.1. The van der Waals surface area contributed by atoms with Gasteiger partial charge in [-0.15, -0.1) is 0 Å². The van der Waals surface area contributed by atoms with Crippen LogP contribution in [0.25, 0.3) is 6.08 Å². The van der Waals surface area contributed by atoms with Crippen molar-refractivity contribution in [3.63, 3.8) is 0 Å². The van der Waals surface area contributed by atoms with E-state index < -0.39 is 17.0 Å². The quantitative estimate of drug-likeness (QED) is 0.302. The van der Waals surface area contributed by atoms with Gasteiger partial charge in [0.05, 0.1) is 18.6 Å². The largest absolute Gasteiger partial charge is 0.493 e. The highest BCUT2D eigenvalue weighted by Crippen LogP contribution is 2.35. The third-order valence-corrected chi connectivity index (χ3v) is 7.79. The van der Waals surface area contributed by atoms with Gasteiger partial charge in [-0.05, 0) is 78.6 Å². The van der Waals surface area contributed by atoms with Gasteiger partial charge < -0.3 is 14.4 Å². The maximum atomic E-state index is 14.0. The minimum Gasteiger partial charge on any atom is -0.493 e. The summed E-state index contributed by atoms with van der Waals surface area (Å²) < 4.78 is 25.5. The highest BCUT2D eigenvalue weighted by Gasteiger charge is 2.35. The number of hydrogen-bond acceptors (Lipinski definition) is 6. The van der Waals surface area contributed by atoms with E-state index >= 15 is 0 Å². The number of carbonyl (C=O) groups is 3. The van der Waals surface area contributed by atoms with Crippen LogP contribution in [-0.2, 0) is 17.9 Å². The minimum atomic E-state index is -0.472. The van der Waals surface area contributed by atoms with E-state index in [-0.39, 0.29) is 29.5 Å². The standard InChI is InChI=1S/C31H29FN2O5S/c1-38-27-17-22(18-28-30(36)34(31(37)40-28)19-24-7-3-4-8-25(24)32)11-14-26(27)39-20-21-9-12-23(13-10-21)29(35)33-15-5-2-6-16-33/h3-4,7-14,17-18H,2,5-6,15-16,19-20H2,1H3/b28-18-. The smallest absolute Gasteiger partial charge is 0.293 e. The van der Waals surface area contributed by atoms with Gasteiger partial charge in [-0.25, -0.2) is 4.39 Å². The summed E-state index contributed by atoms with van der Waals surface area (Å²) in [5, 5.41) is -0.449. The molecular weight excluding hydrogens is 531 g/mol. The van der Waals surface area contributed by atoms with Crippen molar-refractivity contribution in [2.75, 3.05) is 20.2 Å². The molecule has 0 unspecified atom stereocenters. The Morgan fingerprint density at radius 1 is 0.975 bits per heavy atom. The number of halogens is 1. The number of methoxy groups -OCH3 is 1. The van der Waals surface area contributed by atoms with E-state index in [1.54, 1.807) is 42.5 Å². The van der Waals surface area contributed by atoms with E-state index in [2.05, 4.69) is 0 Å². The van der Waals surface area contributed by atoms with Crippen LogP contribution >= 0.6 is 11.8 Å². The summed E-state index contributed by atoms with van der Waals surface area (Å²) in [6, 6.07) is 18.7. The number of piperidine rings is 1. The Bertz CT molecular complexity index is 1450. The van der Waals surface area contributed by atoms with Gasteiger partial charge in [0.1, 0.15) is 12.4 Å². The van der Waals surface area contributed by atoms with Crippen LogP contribution in [0, 0.1) is 5.82 Å². The van der Waals surface area contributed by atoms with Gasteiger partial charge in [0.2, 0.25) is 0 Å². The first-order chi connectivity index (χ1) is 19.4. The van der Waals surface area contributed by atoms with Crippen LogP contribution in [0.5, 0.6) is 11.5 Å². The highest BCUT2D eigenvalue weighted by atomic mass is 32.2. The number of amides is 3. The molecule has 0 radical (unpaired) electrons. The van der Waals surface area contributed by atoms with Gasteiger partial charge in [0.15, 0.2) is 11.5 Å². The van der Waals surface area contributed by atoms with E-state index in [1.807, 2.05) is 29.2 Å². The molecule has 5 rings (SSSR count). The van der Waals surface area contributed by atoms with Crippen LogP contribution in [0.2, 0.25) is 0 Å². The predicted octanol–water partition coefficient (Wildman–Crippen LogP) is 6.28. The summed E-state index contributed by atoms with van der Waals surface area (Å²) in [6.45, 7) is 1.78.